The second kappa shape index (κ2) is 9.57. The Morgan fingerprint density at radius 2 is 2.07 bits per heavy atom. The van der Waals surface area contributed by atoms with Gasteiger partial charge in [0, 0.05) is 42.8 Å². The molecule has 0 bridgehead atoms. The first-order chi connectivity index (χ1) is 12.7. The first-order valence-corrected chi connectivity index (χ1v) is 10.3. The number of pyridine rings is 1. The normalized spacial score (nSPS) is 11.2. The summed E-state index contributed by atoms with van der Waals surface area (Å²) in [5, 5.41) is 2.67. The number of halogens is 4. The lowest BCUT2D eigenvalue weighted by Crippen LogP contribution is -2.22. The van der Waals surface area contributed by atoms with Crippen molar-refractivity contribution in [2.45, 2.75) is 5.57 Å². The number of hydrogen-bond donors (Lipinski definition) is 1. The Kier molecular flexibility index (Phi) is 7.69. The van der Waals surface area contributed by atoms with Crippen LogP contribution in [0.15, 0.2) is 41.0 Å². The smallest absolute Gasteiger partial charge is 0.420 e. The maximum Gasteiger partial charge on any atom is 0.487 e. The van der Waals surface area contributed by atoms with E-state index in [2.05, 4.69) is 31.0 Å². The van der Waals surface area contributed by atoms with E-state index in [0.717, 1.165) is 18.1 Å². The molecular weight excluding hydrogens is 464 g/mol. The Morgan fingerprint density at radius 3 is 2.63 bits per heavy atom. The molecule has 5 nitrogen and oxygen atoms in total. The van der Waals surface area contributed by atoms with Crippen LogP contribution in [0.2, 0.25) is 0 Å². The topological polar surface area (TPSA) is 54.5 Å². The Hall–Kier alpha value is -1.58. The van der Waals surface area contributed by atoms with Crippen LogP contribution >= 0.6 is 39.3 Å². The van der Waals surface area contributed by atoms with E-state index in [9.17, 15) is 13.6 Å². The van der Waals surface area contributed by atoms with Crippen LogP contribution < -0.4 is 15.0 Å². The first kappa shape index (κ1) is 21.7. The number of ether oxygens (including phenoxy) is 1. The molecule has 0 saturated carbocycles. The van der Waals surface area contributed by atoms with Crippen molar-refractivity contribution in [2.75, 3.05) is 35.8 Å². The average Bonchev–Trinajstić information content (AvgIpc) is 2.60. The second-order valence-electron chi connectivity index (χ2n) is 5.47. The third-order valence-corrected chi connectivity index (χ3v) is 4.67. The van der Waals surface area contributed by atoms with Gasteiger partial charge in [0.2, 0.25) is 0 Å². The Morgan fingerprint density at radius 1 is 1.41 bits per heavy atom. The molecule has 0 spiro atoms. The van der Waals surface area contributed by atoms with Gasteiger partial charge < -0.3 is 15.0 Å². The molecule has 0 aliphatic heterocycles. The van der Waals surface area contributed by atoms with Gasteiger partial charge in [-0.1, -0.05) is 0 Å². The predicted molar refractivity (Wildman–Crippen MR) is 109 cm³/mol. The number of nitrogens with zero attached hydrogens (tertiary/aromatic N) is 2. The molecule has 0 radical (unpaired) electrons. The fourth-order valence-corrected chi connectivity index (χ4v) is 3.31. The number of anilines is 2. The lowest BCUT2D eigenvalue weighted by atomic mass is 10.2. The SMILES string of the molecule is CSCCN(C)c1ncc(C(=O)Nc2ccc(OC(F)(F)Cl)cc2)cc1Br. The van der Waals surface area contributed by atoms with Gasteiger partial charge in [-0.15, -0.1) is 8.78 Å². The third-order valence-electron chi connectivity index (χ3n) is 3.42. The number of rotatable bonds is 8. The number of carbonyl (C=O) groups excluding carboxylic acids is 1. The van der Waals surface area contributed by atoms with E-state index in [1.54, 1.807) is 17.8 Å². The number of hydrogen-bond acceptors (Lipinski definition) is 5. The van der Waals surface area contributed by atoms with Gasteiger partial charge in [0.15, 0.2) is 0 Å². The minimum Gasteiger partial charge on any atom is -0.420 e. The zero-order valence-corrected chi connectivity index (χ0v) is 17.7. The summed E-state index contributed by atoms with van der Waals surface area (Å²) in [6, 6.07) is 7.11. The first-order valence-electron chi connectivity index (χ1n) is 7.72. The summed E-state index contributed by atoms with van der Waals surface area (Å²) in [4.78, 5) is 18.7. The maximum atomic E-state index is 12.6. The molecule has 1 heterocycles. The monoisotopic (exact) mass is 479 g/mol. The summed E-state index contributed by atoms with van der Waals surface area (Å²) in [6.07, 6.45) is 3.51. The largest absolute Gasteiger partial charge is 0.487 e. The van der Waals surface area contributed by atoms with E-state index in [0.29, 0.717) is 15.7 Å². The van der Waals surface area contributed by atoms with Gasteiger partial charge in [0.1, 0.15) is 11.6 Å². The van der Waals surface area contributed by atoms with Crippen LogP contribution in [0.5, 0.6) is 5.75 Å². The second-order valence-corrected chi connectivity index (χ2v) is 7.75. The van der Waals surface area contributed by atoms with Crippen molar-refractivity contribution in [3.05, 3.63) is 46.6 Å². The van der Waals surface area contributed by atoms with Gasteiger partial charge >= 0.3 is 5.57 Å². The molecule has 0 aliphatic rings. The fraction of sp³-hybridized carbons (Fsp3) is 0.294. The van der Waals surface area contributed by atoms with Gasteiger partial charge in [-0.05, 0) is 52.5 Å². The molecule has 0 unspecified atom stereocenters. The molecule has 2 rings (SSSR count). The standard InChI is InChI=1S/C17H17BrClF2N3O2S/c1-24(7-8-27-2)15-14(18)9-11(10-22-15)16(25)23-12-3-5-13(6-4-12)26-17(19,20)21/h3-6,9-10H,7-8H2,1-2H3,(H,23,25). The van der Waals surface area contributed by atoms with Crippen LogP contribution in [0.25, 0.3) is 0 Å². The number of alkyl halides is 3. The molecule has 0 atom stereocenters. The highest BCUT2D eigenvalue weighted by Gasteiger charge is 2.27. The lowest BCUT2D eigenvalue weighted by molar-refractivity contribution is -0.0964. The molecule has 2 aromatic rings. The fourth-order valence-electron chi connectivity index (χ4n) is 2.11. The highest BCUT2D eigenvalue weighted by atomic mass is 79.9. The van der Waals surface area contributed by atoms with E-state index < -0.39 is 5.57 Å². The van der Waals surface area contributed by atoms with Crippen LogP contribution in [0, 0.1) is 0 Å². The number of amides is 1. The summed E-state index contributed by atoms with van der Waals surface area (Å²) in [7, 11) is 1.93. The van der Waals surface area contributed by atoms with Crippen molar-refractivity contribution in [1.82, 2.24) is 4.98 Å². The summed E-state index contributed by atoms with van der Waals surface area (Å²) in [5.74, 6) is 1.21. The quantitative estimate of drug-likeness (QED) is 0.535. The number of benzene rings is 1. The number of aromatic nitrogens is 1. The third kappa shape index (κ3) is 6.82. The lowest BCUT2D eigenvalue weighted by Gasteiger charge is -2.19. The molecule has 0 fully saturated rings. The van der Waals surface area contributed by atoms with E-state index in [-0.39, 0.29) is 11.7 Å². The zero-order valence-electron chi connectivity index (χ0n) is 14.5. The Bertz CT molecular complexity index is 791. The summed E-state index contributed by atoms with van der Waals surface area (Å²) >= 11 is 9.89. The van der Waals surface area contributed by atoms with Gasteiger partial charge in [0.05, 0.1) is 10.0 Å². The van der Waals surface area contributed by atoms with Gasteiger partial charge in [0.25, 0.3) is 5.91 Å². The molecule has 1 aromatic carbocycles. The highest BCUT2D eigenvalue weighted by Crippen LogP contribution is 2.27. The molecular formula is C17H17BrClF2N3O2S. The van der Waals surface area contributed by atoms with Crippen LogP contribution in [0.1, 0.15) is 10.4 Å². The molecule has 27 heavy (non-hydrogen) atoms. The molecule has 0 saturated heterocycles. The van der Waals surface area contributed by atoms with Crippen LogP contribution in [0.4, 0.5) is 20.3 Å². The predicted octanol–water partition coefficient (Wildman–Crippen LogP) is 5.06. The average molecular weight is 481 g/mol. The van der Waals surface area contributed by atoms with Gasteiger partial charge in [-0.25, -0.2) is 4.98 Å². The minimum atomic E-state index is -3.78. The number of thioether (sulfide) groups is 1. The van der Waals surface area contributed by atoms with Gasteiger partial charge in [-0.3, -0.25) is 4.79 Å². The molecule has 1 amide bonds. The number of carbonyl (C=O) groups is 1. The van der Waals surface area contributed by atoms with E-state index >= 15 is 0 Å². The molecule has 146 valence electrons. The van der Waals surface area contributed by atoms with Crippen molar-refractivity contribution in [1.29, 1.82) is 0 Å². The van der Waals surface area contributed by atoms with Crippen molar-refractivity contribution < 1.29 is 18.3 Å². The Labute approximate surface area is 173 Å². The Balaban J connectivity index is 2.04. The maximum absolute atomic E-state index is 12.6. The van der Waals surface area contributed by atoms with Crippen molar-refractivity contribution in [3.8, 4) is 5.75 Å². The van der Waals surface area contributed by atoms with E-state index in [4.69, 9.17) is 11.6 Å². The van der Waals surface area contributed by atoms with E-state index in [1.807, 2.05) is 18.2 Å². The molecule has 0 aliphatic carbocycles. The molecule has 1 aromatic heterocycles. The van der Waals surface area contributed by atoms with Crippen molar-refractivity contribution in [3.63, 3.8) is 0 Å². The number of nitrogens with one attached hydrogen (secondary N) is 1. The zero-order chi connectivity index (χ0) is 20.0. The highest BCUT2D eigenvalue weighted by molar-refractivity contribution is 9.10. The van der Waals surface area contributed by atoms with Crippen LogP contribution in [0.3, 0.4) is 0 Å². The molecule has 10 heteroatoms. The van der Waals surface area contributed by atoms with Crippen molar-refractivity contribution in [2.24, 2.45) is 0 Å². The van der Waals surface area contributed by atoms with Crippen LogP contribution in [-0.4, -0.2) is 42.1 Å². The van der Waals surface area contributed by atoms with Crippen molar-refractivity contribution >= 4 is 56.7 Å². The summed E-state index contributed by atoms with van der Waals surface area (Å²) in [6.45, 7) is 0.827. The van der Waals surface area contributed by atoms with Crippen LogP contribution in [-0.2, 0) is 0 Å². The van der Waals surface area contributed by atoms with E-state index in [1.165, 1.54) is 30.5 Å². The van der Waals surface area contributed by atoms with Gasteiger partial charge in [-0.2, -0.15) is 11.8 Å². The minimum absolute atomic E-state index is 0.116. The summed E-state index contributed by atoms with van der Waals surface area (Å²) < 4.78 is 30.1. The summed E-state index contributed by atoms with van der Waals surface area (Å²) in [5.41, 5.74) is -3.01. The molecule has 1 N–H and O–H groups in total.